The van der Waals surface area contributed by atoms with Crippen LogP contribution < -0.4 is 5.73 Å². The van der Waals surface area contributed by atoms with Crippen molar-refractivity contribution < 1.29 is 4.74 Å². The summed E-state index contributed by atoms with van der Waals surface area (Å²) >= 11 is 0. The summed E-state index contributed by atoms with van der Waals surface area (Å²) in [5.74, 6) is 1.60. The van der Waals surface area contributed by atoms with E-state index in [1.165, 1.54) is 57.8 Å². The Morgan fingerprint density at radius 2 is 1.88 bits per heavy atom. The van der Waals surface area contributed by atoms with Crippen molar-refractivity contribution in [1.82, 2.24) is 0 Å². The van der Waals surface area contributed by atoms with E-state index in [2.05, 4.69) is 6.92 Å². The Labute approximate surface area is 106 Å². The molecule has 2 heteroatoms. The molecule has 2 atom stereocenters. The van der Waals surface area contributed by atoms with Gasteiger partial charge in [-0.25, -0.2) is 0 Å². The van der Waals surface area contributed by atoms with Crippen LogP contribution in [0.2, 0.25) is 0 Å². The third-order valence-corrected chi connectivity index (χ3v) is 4.77. The number of ether oxygens (including phenoxy) is 1. The molecule has 2 nitrogen and oxygen atoms in total. The molecule has 2 saturated carbocycles. The van der Waals surface area contributed by atoms with Gasteiger partial charge in [0.15, 0.2) is 0 Å². The molecular weight excluding hydrogens is 210 g/mol. The first-order valence-corrected chi connectivity index (χ1v) is 7.58. The van der Waals surface area contributed by atoms with Gasteiger partial charge in [-0.3, -0.25) is 0 Å². The molecule has 2 N–H and O–H groups in total. The van der Waals surface area contributed by atoms with Crippen LogP contribution in [0, 0.1) is 11.8 Å². The third-order valence-electron chi connectivity index (χ3n) is 4.77. The van der Waals surface area contributed by atoms with Gasteiger partial charge in [0.05, 0.1) is 12.2 Å². The van der Waals surface area contributed by atoms with Crippen LogP contribution in [0.5, 0.6) is 0 Å². The molecule has 0 aromatic heterocycles. The maximum Gasteiger partial charge on any atom is 0.0806 e. The summed E-state index contributed by atoms with van der Waals surface area (Å²) < 4.78 is 6.30. The van der Waals surface area contributed by atoms with Crippen LogP contribution in [0.25, 0.3) is 0 Å². The largest absolute Gasteiger partial charge is 0.373 e. The molecule has 0 saturated heterocycles. The maximum absolute atomic E-state index is 6.30. The van der Waals surface area contributed by atoms with Crippen molar-refractivity contribution in [2.45, 2.75) is 70.3 Å². The fourth-order valence-electron chi connectivity index (χ4n) is 3.64. The molecule has 2 unspecified atom stereocenters. The number of nitrogens with two attached hydrogens (primary N) is 1. The highest BCUT2D eigenvalue weighted by atomic mass is 16.5. The number of hydrogen-bond acceptors (Lipinski definition) is 2. The molecule has 0 aliphatic heterocycles. The number of hydrogen-bond donors (Lipinski definition) is 1. The number of rotatable bonds is 4. The van der Waals surface area contributed by atoms with Gasteiger partial charge in [-0.1, -0.05) is 39.0 Å². The van der Waals surface area contributed by atoms with Crippen molar-refractivity contribution >= 4 is 0 Å². The van der Waals surface area contributed by atoms with Crippen LogP contribution in [-0.4, -0.2) is 18.8 Å². The van der Waals surface area contributed by atoms with E-state index >= 15 is 0 Å². The Kier molecular flexibility index (Phi) is 4.87. The Morgan fingerprint density at radius 1 is 1.12 bits per heavy atom. The first-order valence-electron chi connectivity index (χ1n) is 7.58. The van der Waals surface area contributed by atoms with Gasteiger partial charge in [-0.15, -0.1) is 0 Å². The van der Waals surface area contributed by atoms with E-state index < -0.39 is 0 Å². The molecule has 0 bridgehead atoms. The Bertz CT molecular complexity index is 225. The Morgan fingerprint density at radius 3 is 2.53 bits per heavy atom. The van der Waals surface area contributed by atoms with E-state index in [4.69, 9.17) is 10.5 Å². The summed E-state index contributed by atoms with van der Waals surface area (Å²) in [6.07, 6.45) is 12.0. The highest BCUT2D eigenvalue weighted by Crippen LogP contribution is 2.35. The summed E-state index contributed by atoms with van der Waals surface area (Å²) in [5.41, 5.74) is 6.01. The third kappa shape index (κ3) is 3.69. The van der Waals surface area contributed by atoms with Crippen LogP contribution in [0.3, 0.4) is 0 Å². The van der Waals surface area contributed by atoms with Crippen molar-refractivity contribution in [1.29, 1.82) is 0 Å². The lowest BCUT2D eigenvalue weighted by Crippen LogP contribution is -2.45. The fraction of sp³-hybridized carbons (Fsp3) is 1.00. The minimum Gasteiger partial charge on any atom is -0.373 e. The normalized spacial score (nSPS) is 36.0. The molecule has 2 aliphatic carbocycles. The highest BCUT2D eigenvalue weighted by Gasteiger charge is 2.35. The van der Waals surface area contributed by atoms with Crippen molar-refractivity contribution in [2.75, 3.05) is 13.2 Å². The molecule has 0 spiro atoms. The van der Waals surface area contributed by atoms with E-state index in [-0.39, 0.29) is 5.60 Å². The predicted octanol–water partition coefficient (Wildman–Crippen LogP) is 3.49. The fourth-order valence-corrected chi connectivity index (χ4v) is 3.64. The van der Waals surface area contributed by atoms with Crippen molar-refractivity contribution in [2.24, 2.45) is 17.6 Å². The van der Waals surface area contributed by atoms with E-state index in [1.807, 2.05) is 0 Å². The molecule has 0 aromatic carbocycles. The molecule has 0 aromatic rings. The Balaban J connectivity index is 1.81. The lowest BCUT2D eigenvalue weighted by atomic mass is 9.78. The van der Waals surface area contributed by atoms with Gasteiger partial charge < -0.3 is 10.5 Å². The van der Waals surface area contributed by atoms with Gasteiger partial charge in [0.1, 0.15) is 0 Å². The summed E-state index contributed by atoms with van der Waals surface area (Å²) in [7, 11) is 0. The average molecular weight is 239 g/mol. The monoisotopic (exact) mass is 239 g/mol. The van der Waals surface area contributed by atoms with Crippen LogP contribution in [0.15, 0.2) is 0 Å². The second-order valence-electron chi connectivity index (χ2n) is 6.40. The summed E-state index contributed by atoms with van der Waals surface area (Å²) in [5, 5.41) is 0. The van der Waals surface area contributed by atoms with Crippen LogP contribution in [0.4, 0.5) is 0 Å². The molecule has 0 radical (unpaired) electrons. The zero-order chi connectivity index (χ0) is 12.1. The topological polar surface area (TPSA) is 35.2 Å². The zero-order valence-corrected chi connectivity index (χ0v) is 11.4. The average Bonchev–Trinajstić information content (AvgIpc) is 2.38. The highest BCUT2D eigenvalue weighted by molar-refractivity contribution is 4.88. The summed E-state index contributed by atoms with van der Waals surface area (Å²) in [6, 6.07) is 0. The van der Waals surface area contributed by atoms with Gasteiger partial charge in [-0.2, -0.15) is 0 Å². The Hall–Kier alpha value is -0.0800. The standard InChI is InChI=1S/C15H29NO/c1-13-6-5-9-15(10-13,12-16)17-11-14-7-3-2-4-8-14/h13-14H,2-12,16H2,1H3. The van der Waals surface area contributed by atoms with Gasteiger partial charge in [-0.05, 0) is 37.5 Å². The van der Waals surface area contributed by atoms with Gasteiger partial charge in [0.2, 0.25) is 0 Å². The molecule has 2 rings (SSSR count). The molecule has 0 amide bonds. The van der Waals surface area contributed by atoms with E-state index in [0.29, 0.717) is 6.54 Å². The minimum atomic E-state index is 0.0229. The van der Waals surface area contributed by atoms with Crippen LogP contribution in [-0.2, 0) is 4.74 Å². The van der Waals surface area contributed by atoms with Gasteiger partial charge >= 0.3 is 0 Å². The summed E-state index contributed by atoms with van der Waals surface area (Å²) in [6.45, 7) is 4.02. The van der Waals surface area contributed by atoms with Crippen LogP contribution in [0.1, 0.15) is 64.7 Å². The first kappa shape index (κ1) is 13.4. The minimum absolute atomic E-state index is 0.0229. The van der Waals surface area contributed by atoms with Crippen molar-refractivity contribution in [3.63, 3.8) is 0 Å². The molecule has 0 heterocycles. The quantitative estimate of drug-likeness (QED) is 0.815. The van der Waals surface area contributed by atoms with Crippen molar-refractivity contribution in [3.05, 3.63) is 0 Å². The lowest BCUT2D eigenvalue weighted by Gasteiger charge is -2.40. The van der Waals surface area contributed by atoms with Gasteiger partial charge in [0, 0.05) is 6.54 Å². The van der Waals surface area contributed by atoms with E-state index in [0.717, 1.165) is 18.4 Å². The summed E-state index contributed by atoms with van der Waals surface area (Å²) in [4.78, 5) is 0. The smallest absolute Gasteiger partial charge is 0.0806 e. The van der Waals surface area contributed by atoms with Crippen molar-refractivity contribution in [3.8, 4) is 0 Å². The van der Waals surface area contributed by atoms with E-state index in [1.54, 1.807) is 0 Å². The maximum atomic E-state index is 6.30. The SMILES string of the molecule is CC1CCCC(CN)(OCC2CCCCC2)C1. The van der Waals surface area contributed by atoms with Crippen LogP contribution >= 0.6 is 0 Å². The van der Waals surface area contributed by atoms with E-state index in [9.17, 15) is 0 Å². The second kappa shape index (κ2) is 6.19. The predicted molar refractivity (Wildman–Crippen MR) is 71.9 cm³/mol. The second-order valence-corrected chi connectivity index (χ2v) is 6.40. The molecular formula is C15H29NO. The molecule has 17 heavy (non-hydrogen) atoms. The van der Waals surface area contributed by atoms with Gasteiger partial charge in [0.25, 0.3) is 0 Å². The molecule has 2 fully saturated rings. The zero-order valence-electron chi connectivity index (χ0n) is 11.4. The lowest BCUT2D eigenvalue weighted by molar-refractivity contribution is -0.0899. The molecule has 2 aliphatic rings. The molecule has 100 valence electrons. The first-order chi connectivity index (χ1) is 8.24.